The molecule has 6 nitrogen and oxygen atoms in total. The first-order valence-electron chi connectivity index (χ1n) is 4.40. The van der Waals surface area contributed by atoms with Crippen LogP contribution in [-0.2, 0) is 0 Å². The molecule has 0 saturated carbocycles. The van der Waals surface area contributed by atoms with Crippen molar-refractivity contribution in [2.75, 3.05) is 0 Å². The Morgan fingerprint density at radius 1 is 1.44 bits per heavy atom. The van der Waals surface area contributed by atoms with Crippen molar-refractivity contribution in [3.63, 3.8) is 0 Å². The van der Waals surface area contributed by atoms with Crippen LogP contribution in [0.2, 0.25) is 0 Å². The molecule has 0 radical (unpaired) electrons. The number of ether oxygens (including phenoxy) is 2. The van der Waals surface area contributed by atoms with Gasteiger partial charge in [0.05, 0.1) is 9.40 Å². The van der Waals surface area contributed by atoms with E-state index in [2.05, 4.69) is 15.9 Å². The Labute approximate surface area is 99.1 Å². The predicted octanol–water partition coefficient (Wildman–Crippen LogP) is 2.57. The molecule has 0 bridgehead atoms. The van der Waals surface area contributed by atoms with Crippen LogP contribution in [-0.4, -0.2) is 15.8 Å². The Morgan fingerprint density at radius 3 is 2.56 bits per heavy atom. The summed E-state index contributed by atoms with van der Waals surface area (Å²) in [5, 5.41) is 20.5. The van der Waals surface area contributed by atoms with Crippen molar-refractivity contribution < 1.29 is 19.5 Å². The van der Waals surface area contributed by atoms with E-state index < -0.39 is 10.7 Å². The normalized spacial score (nSPS) is 16.2. The number of nitrogens with zero attached hydrogens (tertiary/aromatic N) is 1. The molecular formula is C9H8BrNO5. The Morgan fingerprint density at radius 2 is 2.00 bits per heavy atom. The van der Waals surface area contributed by atoms with Gasteiger partial charge in [0.2, 0.25) is 17.3 Å². The van der Waals surface area contributed by atoms with Crippen molar-refractivity contribution in [2.45, 2.75) is 19.6 Å². The maximum atomic E-state index is 10.8. The van der Waals surface area contributed by atoms with Crippen LogP contribution in [0.4, 0.5) is 5.69 Å². The Balaban J connectivity index is 2.67. The molecule has 86 valence electrons. The van der Waals surface area contributed by atoms with Crippen molar-refractivity contribution in [1.29, 1.82) is 0 Å². The van der Waals surface area contributed by atoms with Crippen LogP contribution in [0.1, 0.15) is 13.8 Å². The molecule has 1 heterocycles. The van der Waals surface area contributed by atoms with Crippen LogP contribution in [0.25, 0.3) is 0 Å². The zero-order valence-corrected chi connectivity index (χ0v) is 10.1. The summed E-state index contributed by atoms with van der Waals surface area (Å²) in [5.74, 6) is -1.28. The van der Waals surface area contributed by atoms with E-state index in [1.54, 1.807) is 13.8 Å². The lowest BCUT2D eigenvalue weighted by Gasteiger charge is -2.16. The minimum atomic E-state index is -1.02. The van der Waals surface area contributed by atoms with Crippen molar-refractivity contribution in [3.05, 3.63) is 20.7 Å². The fraction of sp³-hybridized carbons (Fsp3) is 0.333. The maximum Gasteiger partial charge on any atom is 0.316 e. The minimum Gasteiger partial charge on any atom is -0.503 e. The maximum absolute atomic E-state index is 10.8. The van der Waals surface area contributed by atoms with E-state index in [0.29, 0.717) is 0 Å². The fourth-order valence-corrected chi connectivity index (χ4v) is 1.82. The van der Waals surface area contributed by atoms with Gasteiger partial charge in [-0.05, 0) is 15.9 Å². The van der Waals surface area contributed by atoms with Gasteiger partial charge >= 0.3 is 5.69 Å². The van der Waals surface area contributed by atoms with Gasteiger partial charge in [-0.2, -0.15) is 0 Å². The number of nitro benzene ring substituents is 1. The summed E-state index contributed by atoms with van der Waals surface area (Å²) < 4.78 is 10.8. The Bertz CT molecular complexity index is 485. The second-order valence-corrected chi connectivity index (χ2v) is 4.60. The number of nitro groups is 1. The monoisotopic (exact) mass is 289 g/mol. The molecule has 1 N–H and O–H groups in total. The van der Waals surface area contributed by atoms with E-state index in [9.17, 15) is 15.2 Å². The molecule has 0 unspecified atom stereocenters. The number of hydrogen-bond donors (Lipinski definition) is 1. The van der Waals surface area contributed by atoms with E-state index in [1.165, 1.54) is 6.07 Å². The number of benzene rings is 1. The molecule has 7 heteroatoms. The summed E-state index contributed by atoms with van der Waals surface area (Å²) in [7, 11) is 0. The van der Waals surface area contributed by atoms with Gasteiger partial charge in [-0.15, -0.1) is 0 Å². The van der Waals surface area contributed by atoms with Crippen LogP contribution < -0.4 is 9.47 Å². The van der Waals surface area contributed by atoms with E-state index in [1.807, 2.05) is 0 Å². The SMILES string of the molecule is CC1(C)Oc2c([N+](=O)[O-])cc(Br)c(O)c2O1. The highest BCUT2D eigenvalue weighted by molar-refractivity contribution is 9.10. The third kappa shape index (κ3) is 1.57. The van der Waals surface area contributed by atoms with Crippen LogP contribution in [0.15, 0.2) is 10.5 Å². The topological polar surface area (TPSA) is 81.8 Å². The first kappa shape index (κ1) is 11.0. The van der Waals surface area contributed by atoms with Crippen LogP contribution in [0, 0.1) is 10.1 Å². The molecule has 0 atom stereocenters. The highest BCUT2D eigenvalue weighted by Crippen LogP contribution is 2.53. The van der Waals surface area contributed by atoms with Gasteiger partial charge in [-0.3, -0.25) is 10.1 Å². The smallest absolute Gasteiger partial charge is 0.316 e. The summed E-state index contributed by atoms with van der Waals surface area (Å²) in [5.41, 5.74) is -0.245. The average molecular weight is 290 g/mol. The van der Waals surface area contributed by atoms with Crippen molar-refractivity contribution in [3.8, 4) is 17.2 Å². The number of halogens is 1. The summed E-state index contributed by atoms with van der Waals surface area (Å²) in [4.78, 5) is 10.2. The summed E-state index contributed by atoms with van der Waals surface area (Å²) >= 11 is 3.02. The lowest BCUT2D eigenvalue weighted by molar-refractivity contribution is -0.386. The quantitative estimate of drug-likeness (QED) is 0.635. The third-order valence-electron chi connectivity index (χ3n) is 2.04. The molecule has 1 aliphatic rings. The lowest BCUT2D eigenvalue weighted by Crippen LogP contribution is -2.29. The zero-order chi connectivity index (χ0) is 12.1. The van der Waals surface area contributed by atoms with Crippen LogP contribution in [0.5, 0.6) is 17.2 Å². The Kier molecular flexibility index (Phi) is 2.23. The fourth-order valence-electron chi connectivity index (χ4n) is 1.43. The molecule has 0 saturated heterocycles. The number of phenolic OH excluding ortho intramolecular Hbond substituents is 1. The zero-order valence-electron chi connectivity index (χ0n) is 8.48. The highest BCUT2D eigenvalue weighted by Gasteiger charge is 2.40. The van der Waals surface area contributed by atoms with Crippen molar-refractivity contribution in [2.24, 2.45) is 0 Å². The lowest BCUT2D eigenvalue weighted by atomic mass is 10.2. The van der Waals surface area contributed by atoms with Crippen LogP contribution >= 0.6 is 15.9 Å². The molecule has 1 aromatic rings. The molecule has 0 fully saturated rings. The van der Waals surface area contributed by atoms with Crippen molar-refractivity contribution >= 4 is 21.6 Å². The standard InChI is InChI=1S/C9H8BrNO5/c1-9(2)15-7-5(11(13)14)3-4(10)6(12)8(7)16-9/h3,12H,1-2H3. The molecular weight excluding hydrogens is 282 g/mol. The number of hydrogen-bond acceptors (Lipinski definition) is 5. The number of fused-ring (bicyclic) bond motifs is 1. The molecule has 0 spiro atoms. The van der Waals surface area contributed by atoms with Crippen LogP contribution in [0.3, 0.4) is 0 Å². The van der Waals surface area contributed by atoms with Gasteiger partial charge in [0, 0.05) is 19.9 Å². The molecule has 0 amide bonds. The molecule has 0 aromatic heterocycles. The third-order valence-corrected chi connectivity index (χ3v) is 2.64. The summed E-state index contributed by atoms with van der Waals surface area (Å²) in [6, 6.07) is 1.18. The second-order valence-electron chi connectivity index (χ2n) is 3.75. The predicted molar refractivity (Wildman–Crippen MR) is 57.8 cm³/mol. The number of rotatable bonds is 1. The summed E-state index contributed by atoms with van der Waals surface area (Å²) in [6.45, 7) is 3.20. The highest BCUT2D eigenvalue weighted by atomic mass is 79.9. The Hall–Kier alpha value is -1.50. The second kappa shape index (κ2) is 3.24. The molecule has 2 rings (SSSR count). The molecule has 1 aromatic carbocycles. The summed E-state index contributed by atoms with van der Waals surface area (Å²) in [6.07, 6.45) is 0. The van der Waals surface area contributed by atoms with Gasteiger partial charge in [-0.1, -0.05) is 0 Å². The van der Waals surface area contributed by atoms with Gasteiger partial charge in [0.25, 0.3) is 0 Å². The largest absolute Gasteiger partial charge is 0.503 e. The van der Waals surface area contributed by atoms with E-state index in [-0.39, 0.29) is 27.4 Å². The van der Waals surface area contributed by atoms with Crippen molar-refractivity contribution in [1.82, 2.24) is 0 Å². The van der Waals surface area contributed by atoms with E-state index in [4.69, 9.17) is 9.47 Å². The molecule has 1 aliphatic heterocycles. The molecule has 0 aliphatic carbocycles. The van der Waals surface area contributed by atoms with Gasteiger partial charge in [0.1, 0.15) is 0 Å². The average Bonchev–Trinajstić information content (AvgIpc) is 2.47. The molecule has 16 heavy (non-hydrogen) atoms. The first-order chi connectivity index (χ1) is 7.32. The van der Waals surface area contributed by atoms with Gasteiger partial charge < -0.3 is 14.6 Å². The van der Waals surface area contributed by atoms with E-state index in [0.717, 1.165) is 0 Å². The first-order valence-corrected chi connectivity index (χ1v) is 5.19. The van der Waals surface area contributed by atoms with E-state index >= 15 is 0 Å². The van der Waals surface area contributed by atoms with Gasteiger partial charge in [-0.25, -0.2) is 0 Å². The van der Waals surface area contributed by atoms with Gasteiger partial charge in [0.15, 0.2) is 5.75 Å². The minimum absolute atomic E-state index is 0.00826. The number of phenols is 1. The number of aromatic hydroxyl groups is 1.